The van der Waals surface area contributed by atoms with Crippen molar-refractivity contribution >= 4 is 16.6 Å². The molecule has 1 aromatic carbocycles. The Morgan fingerprint density at radius 1 is 1.05 bits per heavy atom. The van der Waals surface area contributed by atoms with Gasteiger partial charge in [0.05, 0.1) is 5.52 Å². The Bertz CT molecular complexity index is 698. The minimum Gasteiger partial charge on any atom is -0.376 e. The van der Waals surface area contributed by atoms with Gasteiger partial charge in [-0.15, -0.1) is 0 Å². The molecule has 0 saturated carbocycles. The maximum absolute atomic E-state index is 12.4. The molecule has 0 aliphatic rings. The molecular formula is C17H21F3N2. The number of nitrogens with one attached hydrogen (secondary N) is 1. The van der Waals surface area contributed by atoms with Crippen LogP contribution >= 0.6 is 0 Å². The third kappa shape index (κ3) is 3.70. The van der Waals surface area contributed by atoms with Crippen LogP contribution < -0.4 is 5.32 Å². The van der Waals surface area contributed by atoms with E-state index < -0.39 is 12.7 Å². The number of hydrogen-bond acceptors (Lipinski definition) is 2. The first kappa shape index (κ1) is 16.6. The number of pyridine rings is 1. The third-order valence-electron chi connectivity index (χ3n) is 3.55. The van der Waals surface area contributed by atoms with Gasteiger partial charge in [0.1, 0.15) is 6.54 Å². The fraction of sp³-hybridized carbons (Fsp3) is 0.471. The van der Waals surface area contributed by atoms with E-state index in [0.717, 1.165) is 27.7 Å². The molecule has 0 spiro atoms. The second-order valence-corrected chi connectivity index (χ2v) is 6.72. The Labute approximate surface area is 128 Å². The Morgan fingerprint density at radius 2 is 1.68 bits per heavy atom. The number of alkyl halides is 3. The summed E-state index contributed by atoms with van der Waals surface area (Å²) in [6.45, 7) is 8.95. The molecule has 0 aliphatic heterocycles. The maximum Gasteiger partial charge on any atom is 0.405 e. The SMILES string of the molecule is Cc1cc(C)c2cc(NCC(F)(F)F)cc(C(C)(C)C)c2n1. The smallest absolute Gasteiger partial charge is 0.376 e. The van der Waals surface area contributed by atoms with Crippen LogP contribution in [0, 0.1) is 13.8 Å². The number of fused-ring (bicyclic) bond motifs is 1. The predicted molar refractivity (Wildman–Crippen MR) is 84.5 cm³/mol. The lowest BCUT2D eigenvalue weighted by Gasteiger charge is -2.23. The lowest BCUT2D eigenvalue weighted by molar-refractivity contribution is -0.115. The first-order valence-electron chi connectivity index (χ1n) is 7.20. The Kier molecular flexibility index (Phi) is 4.11. The summed E-state index contributed by atoms with van der Waals surface area (Å²) in [6, 6.07) is 5.47. The highest BCUT2D eigenvalue weighted by Crippen LogP contribution is 2.34. The average molecular weight is 310 g/mol. The number of aryl methyl sites for hydroxylation is 2. The number of anilines is 1. The lowest BCUT2D eigenvalue weighted by atomic mass is 9.84. The molecule has 22 heavy (non-hydrogen) atoms. The highest BCUT2D eigenvalue weighted by Gasteiger charge is 2.27. The summed E-state index contributed by atoms with van der Waals surface area (Å²) in [6.07, 6.45) is -4.24. The molecule has 2 rings (SSSR count). The maximum atomic E-state index is 12.4. The molecule has 1 N–H and O–H groups in total. The first-order valence-corrected chi connectivity index (χ1v) is 7.20. The summed E-state index contributed by atoms with van der Waals surface area (Å²) < 4.78 is 37.3. The van der Waals surface area contributed by atoms with Gasteiger partial charge in [-0.2, -0.15) is 13.2 Å². The van der Waals surface area contributed by atoms with Crippen molar-refractivity contribution in [3.63, 3.8) is 0 Å². The van der Waals surface area contributed by atoms with Crippen molar-refractivity contribution in [1.29, 1.82) is 0 Å². The highest BCUT2D eigenvalue weighted by molar-refractivity contribution is 5.89. The minimum atomic E-state index is -4.24. The van der Waals surface area contributed by atoms with Crippen LogP contribution in [0.1, 0.15) is 37.6 Å². The number of hydrogen-bond donors (Lipinski definition) is 1. The van der Waals surface area contributed by atoms with Gasteiger partial charge in [0.25, 0.3) is 0 Å². The molecule has 120 valence electrons. The van der Waals surface area contributed by atoms with Gasteiger partial charge >= 0.3 is 6.18 Å². The van der Waals surface area contributed by atoms with Crippen molar-refractivity contribution in [3.05, 3.63) is 35.0 Å². The van der Waals surface area contributed by atoms with Crippen LogP contribution in [0.5, 0.6) is 0 Å². The van der Waals surface area contributed by atoms with E-state index in [2.05, 4.69) is 10.3 Å². The van der Waals surface area contributed by atoms with E-state index in [-0.39, 0.29) is 5.41 Å². The first-order chi connectivity index (χ1) is 9.97. The Morgan fingerprint density at radius 3 is 2.23 bits per heavy atom. The lowest BCUT2D eigenvalue weighted by Crippen LogP contribution is -2.22. The topological polar surface area (TPSA) is 24.9 Å². The van der Waals surface area contributed by atoms with Crippen LogP contribution in [-0.2, 0) is 5.41 Å². The molecule has 0 atom stereocenters. The molecule has 0 saturated heterocycles. The van der Waals surface area contributed by atoms with Crippen molar-refractivity contribution in [2.75, 3.05) is 11.9 Å². The molecule has 2 nitrogen and oxygen atoms in total. The van der Waals surface area contributed by atoms with Gasteiger partial charge in [-0.05, 0) is 48.6 Å². The molecule has 0 amide bonds. The van der Waals surface area contributed by atoms with Crippen LogP contribution in [0.15, 0.2) is 18.2 Å². The second-order valence-electron chi connectivity index (χ2n) is 6.72. The van der Waals surface area contributed by atoms with E-state index in [4.69, 9.17) is 0 Å². The molecule has 1 heterocycles. The number of benzene rings is 1. The standard InChI is InChI=1S/C17H21F3N2/c1-10-6-11(2)22-15-13(10)7-12(21-9-17(18,19)20)8-14(15)16(3,4)5/h6-8,21H,9H2,1-5H3. The fourth-order valence-electron chi connectivity index (χ4n) is 2.53. The summed E-state index contributed by atoms with van der Waals surface area (Å²) >= 11 is 0. The Hall–Kier alpha value is -1.78. The Balaban J connectivity index is 2.62. The van der Waals surface area contributed by atoms with E-state index in [1.54, 1.807) is 12.1 Å². The zero-order chi connectivity index (χ0) is 16.7. The fourth-order valence-corrected chi connectivity index (χ4v) is 2.53. The number of rotatable bonds is 2. The van der Waals surface area contributed by atoms with E-state index in [9.17, 15) is 13.2 Å². The van der Waals surface area contributed by atoms with Crippen molar-refractivity contribution in [2.24, 2.45) is 0 Å². The molecule has 5 heteroatoms. The number of nitrogens with zero attached hydrogens (tertiary/aromatic N) is 1. The number of halogens is 3. The zero-order valence-corrected chi connectivity index (χ0v) is 13.5. The molecule has 2 aromatic rings. The van der Waals surface area contributed by atoms with Crippen LogP contribution in [0.2, 0.25) is 0 Å². The summed E-state index contributed by atoms with van der Waals surface area (Å²) in [7, 11) is 0. The summed E-state index contributed by atoms with van der Waals surface area (Å²) in [5, 5.41) is 3.37. The minimum absolute atomic E-state index is 0.207. The van der Waals surface area contributed by atoms with Crippen LogP contribution in [0.25, 0.3) is 10.9 Å². The average Bonchev–Trinajstić information content (AvgIpc) is 2.33. The van der Waals surface area contributed by atoms with Gasteiger partial charge < -0.3 is 5.32 Å². The molecule has 0 aliphatic carbocycles. The van der Waals surface area contributed by atoms with Crippen molar-refractivity contribution in [1.82, 2.24) is 4.98 Å². The molecule has 0 bridgehead atoms. The summed E-state index contributed by atoms with van der Waals surface area (Å²) in [5.41, 5.74) is 4.00. The normalized spacial score (nSPS) is 12.7. The molecule has 0 radical (unpaired) electrons. The van der Waals surface area contributed by atoms with Crippen LogP contribution in [0.3, 0.4) is 0 Å². The van der Waals surface area contributed by atoms with Gasteiger partial charge in [-0.25, -0.2) is 0 Å². The second kappa shape index (κ2) is 5.45. The van der Waals surface area contributed by atoms with Gasteiger partial charge in [0.2, 0.25) is 0 Å². The monoisotopic (exact) mass is 310 g/mol. The van der Waals surface area contributed by atoms with Gasteiger partial charge in [-0.1, -0.05) is 20.8 Å². The molecular weight excluding hydrogens is 289 g/mol. The van der Waals surface area contributed by atoms with E-state index in [1.807, 2.05) is 40.7 Å². The summed E-state index contributed by atoms with van der Waals surface area (Å²) in [4.78, 5) is 4.60. The van der Waals surface area contributed by atoms with E-state index in [1.165, 1.54) is 0 Å². The number of aromatic nitrogens is 1. The largest absolute Gasteiger partial charge is 0.405 e. The van der Waals surface area contributed by atoms with Crippen molar-refractivity contribution < 1.29 is 13.2 Å². The van der Waals surface area contributed by atoms with Gasteiger partial charge in [-0.3, -0.25) is 4.98 Å². The van der Waals surface area contributed by atoms with Gasteiger partial charge in [0, 0.05) is 16.8 Å². The van der Waals surface area contributed by atoms with E-state index >= 15 is 0 Å². The molecule has 1 aromatic heterocycles. The quantitative estimate of drug-likeness (QED) is 0.832. The van der Waals surface area contributed by atoms with Crippen molar-refractivity contribution in [2.45, 2.75) is 46.2 Å². The van der Waals surface area contributed by atoms with Crippen LogP contribution in [-0.4, -0.2) is 17.7 Å². The van der Waals surface area contributed by atoms with Crippen LogP contribution in [0.4, 0.5) is 18.9 Å². The molecule has 0 fully saturated rings. The molecule has 0 unspecified atom stereocenters. The summed E-state index contributed by atoms with van der Waals surface area (Å²) in [5.74, 6) is 0. The zero-order valence-electron chi connectivity index (χ0n) is 13.5. The highest BCUT2D eigenvalue weighted by atomic mass is 19.4. The third-order valence-corrected chi connectivity index (χ3v) is 3.55. The van der Waals surface area contributed by atoms with Gasteiger partial charge in [0.15, 0.2) is 0 Å². The van der Waals surface area contributed by atoms with Crippen molar-refractivity contribution in [3.8, 4) is 0 Å². The van der Waals surface area contributed by atoms with E-state index in [0.29, 0.717) is 5.69 Å². The predicted octanol–water partition coefficient (Wildman–Crippen LogP) is 5.12.